The van der Waals surface area contributed by atoms with Crippen LogP contribution in [-0.2, 0) is 0 Å². The van der Waals surface area contributed by atoms with E-state index in [0.29, 0.717) is 6.04 Å². The summed E-state index contributed by atoms with van der Waals surface area (Å²) < 4.78 is 0. The molecule has 2 N–H and O–H groups in total. The molecular formula is C9H22N2. The standard InChI is InChI=1S/C7H16N2.C2H6/c1-6(2)9-7-3-4-8-5-7;1-2/h6-9H,3-5H2,1-2H3;1-2H3. The van der Waals surface area contributed by atoms with Crippen LogP contribution in [0, 0.1) is 0 Å². The first-order chi connectivity index (χ1) is 5.29. The van der Waals surface area contributed by atoms with E-state index in [2.05, 4.69) is 24.5 Å². The first-order valence-corrected chi connectivity index (χ1v) is 4.76. The lowest BCUT2D eigenvalue weighted by atomic mass is 10.2. The molecule has 0 aromatic carbocycles. The molecule has 2 nitrogen and oxygen atoms in total. The number of rotatable bonds is 2. The second kappa shape index (κ2) is 6.62. The van der Waals surface area contributed by atoms with E-state index in [0.717, 1.165) is 12.6 Å². The van der Waals surface area contributed by atoms with Gasteiger partial charge in [0.25, 0.3) is 0 Å². The summed E-state index contributed by atoms with van der Waals surface area (Å²) in [4.78, 5) is 0. The van der Waals surface area contributed by atoms with Crippen molar-refractivity contribution >= 4 is 0 Å². The van der Waals surface area contributed by atoms with Gasteiger partial charge in [-0.25, -0.2) is 0 Å². The number of hydrogen-bond acceptors (Lipinski definition) is 2. The largest absolute Gasteiger partial charge is 0.315 e. The van der Waals surface area contributed by atoms with Crippen LogP contribution in [0.4, 0.5) is 0 Å². The van der Waals surface area contributed by atoms with Gasteiger partial charge in [0.15, 0.2) is 0 Å². The smallest absolute Gasteiger partial charge is 0.0206 e. The highest BCUT2D eigenvalue weighted by atomic mass is 15.0. The lowest BCUT2D eigenvalue weighted by molar-refractivity contribution is 0.489. The monoisotopic (exact) mass is 158 g/mol. The quantitative estimate of drug-likeness (QED) is 0.634. The minimum Gasteiger partial charge on any atom is -0.315 e. The van der Waals surface area contributed by atoms with Gasteiger partial charge in [-0.05, 0) is 13.0 Å². The van der Waals surface area contributed by atoms with Crippen molar-refractivity contribution in [1.82, 2.24) is 10.6 Å². The second-order valence-electron chi connectivity index (χ2n) is 3.01. The van der Waals surface area contributed by atoms with E-state index in [1.54, 1.807) is 0 Å². The van der Waals surface area contributed by atoms with Gasteiger partial charge in [-0.15, -0.1) is 0 Å². The molecule has 68 valence electrons. The van der Waals surface area contributed by atoms with Crippen molar-refractivity contribution in [3.8, 4) is 0 Å². The second-order valence-corrected chi connectivity index (χ2v) is 3.01. The van der Waals surface area contributed by atoms with Crippen molar-refractivity contribution in [3.05, 3.63) is 0 Å². The molecule has 0 spiro atoms. The maximum atomic E-state index is 3.48. The van der Waals surface area contributed by atoms with Gasteiger partial charge in [0, 0.05) is 18.6 Å². The van der Waals surface area contributed by atoms with E-state index in [1.165, 1.54) is 13.0 Å². The van der Waals surface area contributed by atoms with Crippen LogP contribution in [0.5, 0.6) is 0 Å². The Kier molecular flexibility index (Phi) is 6.57. The first kappa shape index (κ1) is 10.9. The molecule has 1 rings (SSSR count). The maximum Gasteiger partial charge on any atom is 0.0206 e. The summed E-state index contributed by atoms with van der Waals surface area (Å²) in [6, 6.07) is 1.36. The van der Waals surface area contributed by atoms with Crippen molar-refractivity contribution in [3.63, 3.8) is 0 Å². The van der Waals surface area contributed by atoms with Crippen LogP contribution in [0.1, 0.15) is 34.1 Å². The van der Waals surface area contributed by atoms with Crippen LogP contribution in [0.15, 0.2) is 0 Å². The summed E-state index contributed by atoms with van der Waals surface area (Å²) in [5, 5.41) is 6.79. The predicted octanol–water partition coefficient (Wildman–Crippen LogP) is 1.37. The fourth-order valence-electron chi connectivity index (χ4n) is 1.27. The summed E-state index contributed by atoms with van der Waals surface area (Å²) in [7, 11) is 0. The van der Waals surface area contributed by atoms with Crippen molar-refractivity contribution < 1.29 is 0 Å². The molecule has 1 unspecified atom stereocenters. The highest BCUT2D eigenvalue weighted by molar-refractivity contribution is 4.78. The van der Waals surface area contributed by atoms with Crippen LogP contribution in [0.2, 0.25) is 0 Å². The summed E-state index contributed by atoms with van der Waals surface area (Å²) >= 11 is 0. The Labute approximate surface area is 70.8 Å². The summed E-state index contributed by atoms with van der Waals surface area (Å²) in [5.74, 6) is 0. The van der Waals surface area contributed by atoms with Gasteiger partial charge in [0.1, 0.15) is 0 Å². The van der Waals surface area contributed by atoms with E-state index >= 15 is 0 Å². The number of hydrogen-bond donors (Lipinski definition) is 2. The van der Waals surface area contributed by atoms with Gasteiger partial charge < -0.3 is 10.6 Å². The summed E-state index contributed by atoms with van der Waals surface area (Å²) in [6.45, 7) is 10.7. The lowest BCUT2D eigenvalue weighted by Gasteiger charge is -2.13. The summed E-state index contributed by atoms with van der Waals surface area (Å²) in [6.07, 6.45) is 1.29. The third-order valence-corrected chi connectivity index (χ3v) is 1.63. The Hall–Kier alpha value is -0.0800. The lowest BCUT2D eigenvalue weighted by Crippen LogP contribution is -2.35. The Balaban J connectivity index is 0.000000461. The SMILES string of the molecule is CC.CC(C)NC1CCNC1. The van der Waals surface area contributed by atoms with Gasteiger partial charge in [0.2, 0.25) is 0 Å². The molecule has 0 bridgehead atoms. The van der Waals surface area contributed by atoms with Crippen LogP contribution < -0.4 is 10.6 Å². The Bertz CT molecular complexity index is 75.6. The molecule has 0 radical (unpaired) electrons. The fraction of sp³-hybridized carbons (Fsp3) is 1.00. The van der Waals surface area contributed by atoms with Crippen LogP contribution >= 0.6 is 0 Å². The third kappa shape index (κ3) is 5.22. The molecule has 0 aliphatic carbocycles. The van der Waals surface area contributed by atoms with Crippen molar-refractivity contribution in [1.29, 1.82) is 0 Å². The molecule has 2 heteroatoms. The molecule has 0 aromatic rings. The fourth-order valence-corrected chi connectivity index (χ4v) is 1.27. The van der Waals surface area contributed by atoms with Gasteiger partial charge in [-0.3, -0.25) is 0 Å². The predicted molar refractivity (Wildman–Crippen MR) is 50.9 cm³/mol. The Morgan fingerprint density at radius 2 is 2.00 bits per heavy atom. The molecule has 1 saturated heterocycles. The summed E-state index contributed by atoms with van der Waals surface area (Å²) in [5.41, 5.74) is 0. The average Bonchev–Trinajstić information content (AvgIpc) is 2.43. The van der Waals surface area contributed by atoms with Crippen molar-refractivity contribution in [2.24, 2.45) is 0 Å². The minimum atomic E-state index is 0.634. The first-order valence-electron chi connectivity index (χ1n) is 4.76. The highest BCUT2D eigenvalue weighted by Gasteiger charge is 2.13. The average molecular weight is 158 g/mol. The molecule has 1 fully saturated rings. The Morgan fingerprint density at radius 3 is 2.36 bits per heavy atom. The molecule has 1 aliphatic rings. The third-order valence-electron chi connectivity index (χ3n) is 1.63. The molecule has 0 saturated carbocycles. The normalized spacial score (nSPS) is 23.2. The van der Waals surface area contributed by atoms with Gasteiger partial charge in [-0.1, -0.05) is 27.7 Å². The van der Waals surface area contributed by atoms with Crippen molar-refractivity contribution in [2.75, 3.05) is 13.1 Å². The molecule has 0 aromatic heterocycles. The van der Waals surface area contributed by atoms with E-state index in [1.807, 2.05) is 13.8 Å². The van der Waals surface area contributed by atoms with E-state index in [4.69, 9.17) is 0 Å². The van der Waals surface area contributed by atoms with E-state index in [9.17, 15) is 0 Å². The zero-order valence-corrected chi connectivity index (χ0v) is 8.28. The molecule has 0 amide bonds. The van der Waals surface area contributed by atoms with Gasteiger partial charge >= 0.3 is 0 Å². The molecule has 1 aliphatic heterocycles. The number of nitrogens with one attached hydrogen (secondary N) is 2. The van der Waals surface area contributed by atoms with E-state index in [-0.39, 0.29) is 0 Å². The maximum absolute atomic E-state index is 3.48. The zero-order valence-electron chi connectivity index (χ0n) is 8.28. The molecule has 1 atom stereocenters. The van der Waals surface area contributed by atoms with Crippen molar-refractivity contribution in [2.45, 2.75) is 46.2 Å². The van der Waals surface area contributed by atoms with Crippen LogP contribution in [-0.4, -0.2) is 25.2 Å². The van der Waals surface area contributed by atoms with E-state index < -0.39 is 0 Å². The highest BCUT2D eigenvalue weighted by Crippen LogP contribution is 1.97. The molecule has 11 heavy (non-hydrogen) atoms. The minimum absolute atomic E-state index is 0.634. The van der Waals surface area contributed by atoms with Gasteiger partial charge in [-0.2, -0.15) is 0 Å². The van der Waals surface area contributed by atoms with Crippen LogP contribution in [0.25, 0.3) is 0 Å². The Morgan fingerprint density at radius 1 is 1.36 bits per heavy atom. The molecule has 1 heterocycles. The zero-order chi connectivity index (χ0) is 8.69. The van der Waals surface area contributed by atoms with Crippen LogP contribution in [0.3, 0.4) is 0 Å². The van der Waals surface area contributed by atoms with Gasteiger partial charge in [0.05, 0.1) is 0 Å². The molecular weight excluding hydrogens is 136 g/mol. The topological polar surface area (TPSA) is 24.1 Å².